The molecule has 110 valence electrons. The van der Waals surface area contributed by atoms with E-state index in [0.29, 0.717) is 17.7 Å². The second-order valence-electron chi connectivity index (χ2n) is 5.14. The van der Waals surface area contributed by atoms with Crippen LogP contribution in [0.15, 0.2) is 60.7 Å². The fourth-order valence-corrected chi connectivity index (χ4v) is 2.74. The van der Waals surface area contributed by atoms with Crippen molar-refractivity contribution in [3.8, 4) is 5.75 Å². The third-order valence-corrected chi connectivity index (χ3v) is 3.75. The van der Waals surface area contributed by atoms with E-state index in [1.54, 1.807) is 6.07 Å². The van der Waals surface area contributed by atoms with Crippen molar-refractivity contribution in [2.45, 2.75) is 13.3 Å². The topological polar surface area (TPSA) is 49.3 Å². The zero-order chi connectivity index (χ0) is 15.5. The molecule has 3 aromatic rings. The lowest BCUT2D eigenvalue weighted by Gasteiger charge is -2.14. The molecule has 1 amide bonds. The maximum absolute atomic E-state index is 12.6. The number of carbonyl (C=O) groups excluding carboxylic acids is 1. The van der Waals surface area contributed by atoms with E-state index < -0.39 is 0 Å². The van der Waals surface area contributed by atoms with Crippen molar-refractivity contribution in [3.63, 3.8) is 0 Å². The summed E-state index contributed by atoms with van der Waals surface area (Å²) in [4.78, 5) is 12.6. The van der Waals surface area contributed by atoms with Crippen LogP contribution in [0, 0.1) is 0 Å². The molecule has 0 saturated heterocycles. The van der Waals surface area contributed by atoms with Crippen molar-refractivity contribution in [2.75, 3.05) is 5.32 Å². The zero-order valence-electron chi connectivity index (χ0n) is 12.3. The summed E-state index contributed by atoms with van der Waals surface area (Å²) in [5.74, 6) is -0.268. The molecule has 0 unspecified atom stereocenters. The van der Waals surface area contributed by atoms with Gasteiger partial charge in [-0.1, -0.05) is 49.4 Å². The summed E-state index contributed by atoms with van der Waals surface area (Å²) in [6.45, 7) is 1.99. The summed E-state index contributed by atoms with van der Waals surface area (Å²) in [6.07, 6.45) is 0.673. The maximum Gasteiger partial charge on any atom is 0.259 e. The number of hydrogen-bond acceptors (Lipinski definition) is 2. The smallest absolute Gasteiger partial charge is 0.259 e. The molecule has 0 heterocycles. The molecule has 0 saturated carbocycles. The number of phenolic OH excluding ortho intramolecular Hbond substituents is 1. The molecule has 0 aromatic heterocycles. The van der Waals surface area contributed by atoms with Crippen LogP contribution in [0.3, 0.4) is 0 Å². The fourth-order valence-electron chi connectivity index (χ4n) is 2.74. The summed E-state index contributed by atoms with van der Waals surface area (Å²) < 4.78 is 0. The lowest BCUT2D eigenvalue weighted by atomic mass is 9.95. The molecule has 22 heavy (non-hydrogen) atoms. The Morgan fingerprint density at radius 2 is 1.73 bits per heavy atom. The van der Waals surface area contributed by atoms with Gasteiger partial charge >= 0.3 is 0 Å². The Balaban J connectivity index is 2.09. The molecule has 2 N–H and O–H groups in total. The molecular weight excluding hydrogens is 274 g/mol. The number of nitrogens with one attached hydrogen (secondary N) is 1. The number of rotatable bonds is 3. The first-order chi connectivity index (χ1) is 10.7. The predicted octanol–water partition coefficient (Wildman–Crippen LogP) is 4.36. The van der Waals surface area contributed by atoms with Crippen molar-refractivity contribution in [1.82, 2.24) is 0 Å². The van der Waals surface area contributed by atoms with Crippen molar-refractivity contribution in [2.24, 2.45) is 0 Å². The van der Waals surface area contributed by atoms with Gasteiger partial charge in [0, 0.05) is 5.69 Å². The highest BCUT2D eigenvalue weighted by atomic mass is 16.3. The Kier molecular flexibility index (Phi) is 3.79. The largest absolute Gasteiger partial charge is 0.507 e. The number of hydrogen-bond donors (Lipinski definition) is 2. The first-order valence-electron chi connectivity index (χ1n) is 7.30. The van der Waals surface area contributed by atoms with E-state index in [2.05, 4.69) is 5.32 Å². The molecule has 3 aromatic carbocycles. The molecule has 0 fully saturated rings. The van der Waals surface area contributed by atoms with E-state index in [1.165, 1.54) is 0 Å². The SMILES string of the molecule is CCc1c(C(=O)Nc2ccccc2)c(O)cc2ccccc12. The standard InChI is InChI=1S/C19H17NO2/c1-2-15-16-11-7-6-8-13(16)12-17(21)18(15)19(22)20-14-9-4-3-5-10-14/h3-12,21H,2H2,1H3,(H,20,22). The third kappa shape index (κ3) is 2.53. The van der Waals surface area contributed by atoms with Gasteiger partial charge in [0.15, 0.2) is 0 Å². The highest BCUT2D eigenvalue weighted by molar-refractivity contribution is 6.10. The normalized spacial score (nSPS) is 10.6. The Bertz CT molecular complexity index is 825. The molecule has 0 bridgehead atoms. The van der Waals surface area contributed by atoms with Gasteiger partial charge in [0.25, 0.3) is 5.91 Å². The Hall–Kier alpha value is -2.81. The molecule has 3 nitrogen and oxygen atoms in total. The van der Waals surface area contributed by atoms with Crippen molar-refractivity contribution < 1.29 is 9.90 Å². The Morgan fingerprint density at radius 1 is 1.05 bits per heavy atom. The van der Waals surface area contributed by atoms with Crippen LogP contribution in [0.1, 0.15) is 22.8 Å². The number of aryl methyl sites for hydroxylation is 1. The predicted molar refractivity (Wildman–Crippen MR) is 89.4 cm³/mol. The first kappa shape index (κ1) is 14.1. The molecule has 0 aliphatic rings. The second kappa shape index (κ2) is 5.90. The molecule has 0 spiro atoms. The van der Waals surface area contributed by atoms with E-state index in [4.69, 9.17) is 0 Å². The number of anilines is 1. The third-order valence-electron chi connectivity index (χ3n) is 3.75. The van der Waals surface area contributed by atoms with Gasteiger partial charge in [0.2, 0.25) is 0 Å². The molecule has 3 rings (SSSR count). The van der Waals surface area contributed by atoms with E-state index in [0.717, 1.165) is 16.3 Å². The van der Waals surface area contributed by atoms with Gasteiger partial charge in [-0.15, -0.1) is 0 Å². The van der Waals surface area contributed by atoms with E-state index in [1.807, 2.05) is 61.5 Å². The number of fused-ring (bicyclic) bond motifs is 1. The molecule has 0 aliphatic carbocycles. The monoisotopic (exact) mass is 291 g/mol. The van der Waals surface area contributed by atoms with E-state index in [-0.39, 0.29) is 11.7 Å². The summed E-state index contributed by atoms with van der Waals surface area (Å²) in [6, 6.07) is 18.7. The number of amides is 1. The van der Waals surface area contributed by atoms with Crippen molar-refractivity contribution >= 4 is 22.4 Å². The average Bonchev–Trinajstić information content (AvgIpc) is 2.54. The second-order valence-corrected chi connectivity index (χ2v) is 5.14. The van der Waals surface area contributed by atoms with Gasteiger partial charge in [0.1, 0.15) is 5.75 Å². The number of benzene rings is 3. The quantitative estimate of drug-likeness (QED) is 0.753. The minimum absolute atomic E-state index is 0.0176. The molecule has 0 radical (unpaired) electrons. The van der Waals surface area contributed by atoms with Crippen LogP contribution in [0.2, 0.25) is 0 Å². The van der Waals surface area contributed by atoms with E-state index >= 15 is 0 Å². The van der Waals surface area contributed by atoms with Gasteiger partial charge in [-0.05, 0) is 41.0 Å². The minimum Gasteiger partial charge on any atom is -0.507 e. The van der Waals surface area contributed by atoms with Crippen LogP contribution in [0.4, 0.5) is 5.69 Å². The lowest BCUT2D eigenvalue weighted by molar-refractivity contribution is 0.102. The van der Waals surface area contributed by atoms with Gasteiger partial charge < -0.3 is 10.4 Å². The number of carbonyl (C=O) groups is 1. The van der Waals surface area contributed by atoms with Gasteiger partial charge in [-0.3, -0.25) is 4.79 Å². The Labute approximate surface area is 129 Å². The fraction of sp³-hybridized carbons (Fsp3) is 0.105. The van der Waals surface area contributed by atoms with Crippen LogP contribution < -0.4 is 5.32 Å². The van der Waals surface area contributed by atoms with Crippen LogP contribution in [-0.4, -0.2) is 11.0 Å². The average molecular weight is 291 g/mol. The molecule has 0 atom stereocenters. The summed E-state index contributed by atoms with van der Waals surface area (Å²) in [5.41, 5.74) is 1.93. The summed E-state index contributed by atoms with van der Waals surface area (Å²) >= 11 is 0. The molecular formula is C19H17NO2. The van der Waals surface area contributed by atoms with Crippen LogP contribution in [0.25, 0.3) is 10.8 Å². The first-order valence-corrected chi connectivity index (χ1v) is 7.30. The zero-order valence-corrected chi connectivity index (χ0v) is 12.3. The van der Waals surface area contributed by atoms with E-state index in [9.17, 15) is 9.90 Å². The number of para-hydroxylation sites is 1. The minimum atomic E-state index is -0.286. The van der Waals surface area contributed by atoms with Crippen molar-refractivity contribution in [3.05, 3.63) is 71.8 Å². The van der Waals surface area contributed by atoms with Crippen LogP contribution in [-0.2, 0) is 6.42 Å². The Morgan fingerprint density at radius 3 is 2.45 bits per heavy atom. The molecule has 0 aliphatic heterocycles. The number of aromatic hydroxyl groups is 1. The van der Waals surface area contributed by atoms with Crippen LogP contribution in [0.5, 0.6) is 5.75 Å². The van der Waals surface area contributed by atoms with Gasteiger partial charge in [0.05, 0.1) is 5.56 Å². The lowest BCUT2D eigenvalue weighted by Crippen LogP contribution is -2.14. The highest BCUT2D eigenvalue weighted by Gasteiger charge is 2.18. The highest BCUT2D eigenvalue weighted by Crippen LogP contribution is 2.31. The van der Waals surface area contributed by atoms with Gasteiger partial charge in [-0.2, -0.15) is 0 Å². The van der Waals surface area contributed by atoms with Crippen molar-refractivity contribution in [1.29, 1.82) is 0 Å². The summed E-state index contributed by atoms with van der Waals surface area (Å²) in [7, 11) is 0. The number of phenols is 1. The summed E-state index contributed by atoms with van der Waals surface area (Å²) in [5, 5.41) is 15.1. The van der Waals surface area contributed by atoms with Gasteiger partial charge in [-0.25, -0.2) is 0 Å². The molecule has 3 heteroatoms. The van der Waals surface area contributed by atoms with Crippen LogP contribution >= 0.6 is 0 Å². The maximum atomic E-state index is 12.6.